The van der Waals surface area contributed by atoms with Crippen LogP contribution in [0.25, 0.3) is 0 Å². The summed E-state index contributed by atoms with van der Waals surface area (Å²) >= 11 is 0. The highest BCUT2D eigenvalue weighted by Crippen LogP contribution is 2.54. The van der Waals surface area contributed by atoms with Crippen molar-refractivity contribution in [1.29, 1.82) is 0 Å². The molecule has 3 atom stereocenters. The van der Waals surface area contributed by atoms with Crippen molar-refractivity contribution >= 4 is 11.6 Å². The third-order valence-electron chi connectivity index (χ3n) is 5.48. The van der Waals surface area contributed by atoms with Crippen LogP contribution in [-0.2, 0) is 15.1 Å². The van der Waals surface area contributed by atoms with E-state index in [9.17, 15) is 4.79 Å². The van der Waals surface area contributed by atoms with E-state index in [0.29, 0.717) is 5.92 Å². The summed E-state index contributed by atoms with van der Waals surface area (Å²) in [5, 5.41) is 0. The van der Waals surface area contributed by atoms with Gasteiger partial charge in [0, 0.05) is 24.2 Å². The van der Waals surface area contributed by atoms with Crippen LogP contribution in [0.1, 0.15) is 50.2 Å². The van der Waals surface area contributed by atoms with E-state index in [0.717, 1.165) is 30.5 Å². The van der Waals surface area contributed by atoms with Crippen molar-refractivity contribution in [2.75, 3.05) is 11.9 Å². The molecule has 1 fully saturated rings. The molecule has 0 bridgehead atoms. The van der Waals surface area contributed by atoms with E-state index in [2.05, 4.69) is 19.9 Å². The molecule has 0 aromatic heterocycles. The first kappa shape index (κ1) is 13.3. The standard InChI is InChI=1S/C17H22N2O2/c1-16(2)14(21-16)11-7-5-9-17(18)13-10(11)6-4-8-12(13)19(3)15(17)20/h4,6,8,11,14H,5,7,9,18H2,1-3H3/t11-,14+,17-/m0/s1. The van der Waals surface area contributed by atoms with Crippen LogP contribution < -0.4 is 10.6 Å². The minimum Gasteiger partial charge on any atom is -0.366 e. The molecule has 0 spiro atoms. The van der Waals surface area contributed by atoms with Crippen molar-refractivity contribution in [1.82, 2.24) is 0 Å². The molecule has 0 unspecified atom stereocenters. The van der Waals surface area contributed by atoms with Gasteiger partial charge in [0.05, 0.1) is 11.7 Å². The molecule has 0 saturated carbocycles. The molecule has 1 saturated heterocycles. The number of carbonyl (C=O) groups excluding carboxylic acids is 1. The summed E-state index contributed by atoms with van der Waals surface area (Å²) in [5.41, 5.74) is 8.93. The first-order valence-electron chi connectivity index (χ1n) is 7.74. The van der Waals surface area contributed by atoms with Gasteiger partial charge in [-0.05, 0) is 38.3 Å². The lowest BCUT2D eigenvalue weighted by Crippen LogP contribution is -2.46. The number of rotatable bonds is 1. The number of nitrogens with zero attached hydrogens (tertiary/aromatic N) is 1. The highest BCUT2D eigenvalue weighted by atomic mass is 16.6. The number of anilines is 1. The summed E-state index contributed by atoms with van der Waals surface area (Å²) in [5.74, 6) is 0.376. The predicted octanol–water partition coefficient (Wildman–Crippen LogP) is 2.26. The number of epoxide rings is 1. The first-order valence-corrected chi connectivity index (χ1v) is 7.74. The average molecular weight is 286 g/mol. The fourth-order valence-electron chi connectivity index (χ4n) is 4.31. The fourth-order valence-corrected chi connectivity index (χ4v) is 4.31. The Bertz CT molecular complexity index is 640. The monoisotopic (exact) mass is 286 g/mol. The van der Waals surface area contributed by atoms with Crippen molar-refractivity contribution in [3.05, 3.63) is 29.3 Å². The highest BCUT2D eigenvalue weighted by Gasteiger charge is 2.56. The maximum atomic E-state index is 12.6. The molecule has 1 aromatic carbocycles. The predicted molar refractivity (Wildman–Crippen MR) is 81.3 cm³/mol. The number of benzene rings is 1. The van der Waals surface area contributed by atoms with Crippen molar-refractivity contribution in [2.45, 2.75) is 56.3 Å². The molecule has 112 valence electrons. The molecule has 21 heavy (non-hydrogen) atoms. The Kier molecular flexibility index (Phi) is 2.45. The van der Waals surface area contributed by atoms with Crippen molar-refractivity contribution < 1.29 is 9.53 Å². The van der Waals surface area contributed by atoms with E-state index in [4.69, 9.17) is 10.5 Å². The smallest absolute Gasteiger partial charge is 0.251 e. The average Bonchev–Trinajstić information content (AvgIpc) is 3.07. The topological polar surface area (TPSA) is 58.9 Å². The minimum absolute atomic E-state index is 0.0292. The molecular weight excluding hydrogens is 264 g/mol. The molecule has 3 aliphatic rings. The Labute approximate surface area is 125 Å². The summed E-state index contributed by atoms with van der Waals surface area (Å²) in [6, 6.07) is 6.19. The van der Waals surface area contributed by atoms with E-state index in [1.807, 2.05) is 19.2 Å². The van der Waals surface area contributed by atoms with E-state index in [1.54, 1.807) is 4.90 Å². The van der Waals surface area contributed by atoms with Crippen LogP contribution in [0.15, 0.2) is 18.2 Å². The molecule has 1 amide bonds. The van der Waals surface area contributed by atoms with Gasteiger partial charge in [0.1, 0.15) is 5.54 Å². The van der Waals surface area contributed by atoms with Crippen LogP contribution in [0.3, 0.4) is 0 Å². The third-order valence-corrected chi connectivity index (χ3v) is 5.48. The normalized spacial score (nSPS) is 36.4. The Morgan fingerprint density at radius 3 is 2.76 bits per heavy atom. The van der Waals surface area contributed by atoms with Gasteiger partial charge in [-0.1, -0.05) is 18.6 Å². The van der Waals surface area contributed by atoms with Gasteiger partial charge >= 0.3 is 0 Å². The van der Waals surface area contributed by atoms with E-state index in [-0.39, 0.29) is 17.6 Å². The Morgan fingerprint density at radius 1 is 1.38 bits per heavy atom. The second-order valence-corrected chi connectivity index (χ2v) is 7.22. The molecule has 4 rings (SSSR count). The molecule has 1 aromatic rings. The van der Waals surface area contributed by atoms with Crippen LogP contribution in [0.5, 0.6) is 0 Å². The van der Waals surface area contributed by atoms with Gasteiger partial charge in [-0.3, -0.25) is 4.79 Å². The number of hydrogen-bond donors (Lipinski definition) is 1. The summed E-state index contributed by atoms with van der Waals surface area (Å²) in [7, 11) is 1.83. The maximum absolute atomic E-state index is 12.6. The molecule has 2 N–H and O–H groups in total. The second-order valence-electron chi connectivity index (χ2n) is 7.22. The van der Waals surface area contributed by atoms with Crippen LogP contribution in [0.4, 0.5) is 5.69 Å². The lowest BCUT2D eigenvalue weighted by Gasteiger charge is -2.23. The van der Waals surface area contributed by atoms with Crippen molar-refractivity contribution in [3.8, 4) is 0 Å². The van der Waals surface area contributed by atoms with Crippen molar-refractivity contribution in [3.63, 3.8) is 0 Å². The van der Waals surface area contributed by atoms with Gasteiger partial charge in [-0.15, -0.1) is 0 Å². The van der Waals surface area contributed by atoms with E-state index < -0.39 is 5.54 Å². The number of amides is 1. The molecule has 4 heteroatoms. The molecular formula is C17H22N2O2. The second kappa shape index (κ2) is 3.87. The van der Waals surface area contributed by atoms with Crippen LogP contribution in [0, 0.1) is 0 Å². The third kappa shape index (κ3) is 1.60. The molecule has 0 radical (unpaired) electrons. The maximum Gasteiger partial charge on any atom is 0.251 e. The van der Waals surface area contributed by atoms with Crippen molar-refractivity contribution in [2.24, 2.45) is 5.73 Å². The van der Waals surface area contributed by atoms with Gasteiger partial charge in [0.25, 0.3) is 5.91 Å². The van der Waals surface area contributed by atoms with Gasteiger partial charge in [-0.25, -0.2) is 0 Å². The summed E-state index contributed by atoms with van der Waals surface area (Å²) in [6.07, 6.45) is 2.97. The zero-order valence-electron chi connectivity index (χ0n) is 12.8. The Balaban J connectivity index is 1.90. The van der Waals surface area contributed by atoms with E-state index >= 15 is 0 Å². The van der Waals surface area contributed by atoms with Gasteiger partial charge < -0.3 is 15.4 Å². The largest absolute Gasteiger partial charge is 0.366 e. The van der Waals surface area contributed by atoms with Gasteiger partial charge in [0.15, 0.2) is 0 Å². The summed E-state index contributed by atoms with van der Waals surface area (Å²) in [4.78, 5) is 14.4. The van der Waals surface area contributed by atoms with E-state index in [1.165, 1.54) is 5.56 Å². The van der Waals surface area contributed by atoms with Crippen LogP contribution >= 0.6 is 0 Å². The number of nitrogens with two attached hydrogens (primary N) is 1. The zero-order chi connectivity index (χ0) is 15.0. The van der Waals surface area contributed by atoms with Gasteiger partial charge in [-0.2, -0.15) is 0 Å². The summed E-state index contributed by atoms with van der Waals surface area (Å²) < 4.78 is 5.90. The quantitative estimate of drug-likeness (QED) is 0.806. The minimum atomic E-state index is -0.839. The Hall–Kier alpha value is -1.39. The number of likely N-dealkylation sites (N-methyl/N-ethyl adjacent to an activating group) is 1. The number of ether oxygens (including phenoxy) is 1. The number of hydrogen-bond acceptors (Lipinski definition) is 3. The lowest BCUT2D eigenvalue weighted by atomic mass is 9.82. The van der Waals surface area contributed by atoms with Gasteiger partial charge in [0.2, 0.25) is 0 Å². The molecule has 2 heterocycles. The lowest BCUT2D eigenvalue weighted by molar-refractivity contribution is -0.123. The fraction of sp³-hybridized carbons (Fsp3) is 0.588. The first-order chi connectivity index (χ1) is 9.86. The highest BCUT2D eigenvalue weighted by molar-refractivity contribution is 6.07. The summed E-state index contributed by atoms with van der Waals surface area (Å²) in [6.45, 7) is 4.28. The number of carbonyl (C=O) groups is 1. The molecule has 4 nitrogen and oxygen atoms in total. The SMILES string of the molecule is CN1C(=O)[C@]2(N)CCC[C@H]([C@H]3OC3(C)C)c3cccc1c32. The molecule has 2 aliphatic heterocycles. The van der Waals surface area contributed by atoms with Crippen LogP contribution in [0.2, 0.25) is 0 Å². The Morgan fingerprint density at radius 2 is 2.10 bits per heavy atom. The zero-order valence-corrected chi connectivity index (χ0v) is 12.8. The molecule has 1 aliphatic carbocycles. The van der Waals surface area contributed by atoms with Crippen LogP contribution in [-0.4, -0.2) is 24.7 Å².